The van der Waals surface area contributed by atoms with E-state index in [-0.39, 0.29) is 5.56 Å². The summed E-state index contributed by atoms with van der Waals surface area (Å²) in [5, 5.41) is 9.32. The predicted molar refractivity (Wildman–Crippen MR) is 79.8 cm³/mol. The quantitative estimate of drug-likeness (QED) is 0.782. The summed E-state index contributed by atoms with van der Waals surface area (Å²) in [4.78, 5) is 12.5. The molecule has 0 amide bonds. The number of hydrogen-bond donors (Lipinski definition) is 0. The maximum Gasteiger partial charge on any atom is 0.185 e. The number of ketones is 1. The number of nitriles is 1. The maximum atomic E-state index is 13.1. The minimum absolute atomic E-state index is 0.269. The Morgan fingerprint density at radius 1 is 1.33 bits per heavy atom. The summed E-state index contributed by atoms with van der Waals surface area (Å²) in [7, 11) is 1.51. The summed E-state index contributed by atoms with van der Waals surface area (Å²) in [6, 6.07) is 12.5. The Bertz CT molecular complexity index is 724. The minimum atomic E-state index is -0.970. The van der Waals surface area contributed by atoms with Crippen LogP contribution < -0.4 is 4.74 Å². The number of halogens is 2. The van der Waals surface area contributed by atoms with Crippen LogP contribution in [0.2, 0.25) is 0 Å². The molecule has 0 saturated carbocycles. The van der Waals surface area contributed by atoms with E-state index in [0.29, 0.717) is 15.8 Å². The van der Waals surface area contributed by atoms with E-state index in [9.17, 15) is 14.4 Å². The fourth-order valence-corrected chi connectivity index (χ4v) is 2.50. The molecule has 1 unspecified atom stereocenters. The van der Waals surface area contributed by atoms with Gasteiger partial charge in [-0.3, -0.25) is 4.79 Å². The molecule has 0 radical (unpaired) electrons. The Morgan fingerprint density at radius 2 is 2.10 bits per heavy atom. The molecule has 3 nitrogen and oxygen atoms in total. The average Bonchev–Trinajstić information content (AvgIpc) is 2.48. The van der Waals surface area contributed by atoms with Gasteiger partial charge in [0.05, 0.1) is 13.2 Å². The third kappa shape index (κ3) is 3.29. The number of benzene rings is 2. The van der Waals surface area contributed by atoms with Crippen LogP contribution in [0, 0.1) is 17.1 Å². The van der Waals surface area contributed by atoms with E-state index in [1.54, 1.807) is 24.3 Å². The first kappa shape index (κ1) is 15.2. The smallest absolute Gasteiger partial charge is 0.185 e. The van der Waals surface area contributed by atoms with Crippen LogP contribution in [-0.2, 0) is 0 Å². The second-order valence-corrected chi connectivity index (χ2v) is 5.18. The van der Waals surface area contributed by atoms with Crippen LogP contribution >= 0.6 is 15.9 Å². The van der Waals surface area contributed by atoms with Gasteiger partial charge in [-0.25, -0.2) is 4.39 Å². The number of carbonyl (C=O) groups is 1. The van der Waals surface area contributed by atoms with Crippen LogP contribution in [0.5, 0.6) is 5.75 Å². The number of rotatable bonds is 4. The first-order chi connectivity index (χ1) is 10.1. The highest BCUT2D eigenvalue weighted by atomic mass is 79.9. The second-order valence-electron chi connectivity index (χ2n) is 4.33. The zero-order valence-electron chi connectivity index (χ0n) is 11.1. The van der Waals surface area contributed by atoms with Crippen LogP contribution in [0.25, 0.3) is 0 Å². The van der Waals surface area contributed by atoms with Crippen molar-refractivity contribution in [3.8, 4) is 11.8 Å². The molecule has 2 aromatic carbocycles. The third-order valence-corrected chi connectivity index (χ3v) is 3.67. The monoisotopic (exact) mass is 347 g/mol. The molecule has 0 aliphatic rings. The Labute approximate surface area is 130 Å². The summed E-state index contributed by atoms with van der Waals surface area (Å²) in [6.07, 6.45) is 0. The molecule has 1 atom stereocenters. The molecular formula is C16H11BrFNO2. The van der Waals surface area contributed by atoms with Crippen LogP contribution in [0.4, 0.5) is 4.39 Å². The Morgan fingerprint density at radius 3 is 2.71 bits per heavy atom. The first-order valence-electron chi connectivity index (χ1n) is 6.09. The van der Waals surface area contributed by atoms with Gasteiger partial charge in [0.15, 0.2) is 5.78 Å². The van der Waals surface area contributed by atoms with Crippen LogP contribution in [0.1, 0.15) is 21.8 Å². The van der Waals surface area contributed by atoms with E-state index in [4.69, 9.17) is 4.74 Å². The van der Waals surface area contributed by atoms with Crippen LogP contribution in [0.15, 0.2) is 46.9 Å². The summed E-state index contributed by atoms with van der Waals surface area (Å²) >= 11 is 3.15. The highest BCUT2D eigenvalue weighted by Crippen LogP contribution is 2.27. The molecule has 0 aliphatic carbocycles. The third-order valence-electron chi connectivity index (χ3n) is 3.02. The fraction of sp³-hybridized carbons (Fsp3) is 0.125. The SMILES string of the molecule is COc1cccc(C(C#N)C(=O)c2ccc(F)cc2Br)c1. The highest BCUT2D eigenvalue weighted by Gasteiger charge is 2.24. The Balaban J connectivity index is 2.41. The number of hydrogen-bond acceptors (Lipinski definition) is 3. The van der Waals surface area contributed by atoms with E-state index in [2.05, 4.69) is 15.9 Å². The molecule has 0 aliphatic heterocycles. The van der Waals surface area contributed by atoms with Gasteiger partial charge in [-0.05, 0) is 51.8 Å². The van der Waals surface area contributed by atoms with Gasteiger partial charge in [-0.2, -0.15) is 5.26 Å². The van der Waals surface area contributed by atoms with Gasteiger partial charge in [-0.1, -0.05) is 12.1 Å². The van der Waals surface area contributed by atoms with Gasteiger partial charge in [0.2, 0.25) is 0 Å². The number of Topliss-reactive ketones (excluding diaryl/α,β-unsaturated/α-hetero) is 1. The topological polar surface area (TPSA) is 50.1 Å². The van der Waals surface area contributed by atoms with E-state index in [0.717, 1.165) is 0 Å². The van der Waals surface area contributed by atoms with Crippen molar-refractivity contribution >= 4 is 21.7 Å². The molecule has 0 spiro atoms. The van der Waals surface area contributed by atoms with Crippen molar-refractivity contribution in [2.24, 2.45) is 0 Å². The van der Waals surface area contributed by atoms with Gasteiger partial charge in [0, 0.05) is 10.0 Å². The lowest BCUT2D eigenvalue weighted by Crippen LogP contribution is -2.12. The van der Waals surface area contributed by atoms with Crippen LogP contribution in [0.3, 0.4) is 0 Å². The summed E-state index contributed by atoms with van der Waals surface area (Å²) in [5.74, 6) is -1.24. The molecule has 2 aromatic rings. The zero-order chi connectivity index (χ0) is 15.4. The number of methoxy groups -OCH3 is 1. The van der Waals surface area contributed by atoms with Gasteiger partial charge >= 0.3 is 0 Å². The van der Waals surface area contributed by atoms with Crippen molar-refractivity contribution in [3.05, 3.63) is 63.9 Å². The molecule has 0 N–H and O–H groups in total. The average molecular weight is 348 g/mol. The standard InChI is InChI=1S/C16H11BrFNO2/c1-21-12-4-2-3-10(7-12)14(9-19)16(20)13-6-5-11(18)8-15(13)17/h2-8,14H,1H3. The Kier molecular flexibility index (Phi) is 4.71. The lowest BCUT2D eigenvalue weighted by atomic mass is 9.92. The van der Waals surface area contributed by atoms with Gasteiger partial charge in [-0.15, -0.1) is 0 Å². The normalized spacial score (nSPS) is 11.5. The van der Waals surface area contributed by atoms with E-state index < -0.39 is 17.5 Å². The summed E-state index contributed by atoms with van der Waals surface area (Å²) in [6.45, 7) is 0. The molecule has 0 saturated heterocycles. The molecule has 0 aromatic heterocycles. The first-order valence-corrected chi connectivity index (χ1v) is 6.89. The van der Waals surface area contributed by atoms with Crippen molar-refractivity contribution in [3.63, 3.8) is 0 Å². The minimum Gasteiger partial charge on any atom is -0.497 e. The summed E-state index contributed by atoms with van der Waals surface area (Å²) in [5.41, 5.74) is 0.809. The van der Waals surface area contributed by atoms with Crippen molar-refractivity contribution in [2.75, 3.05) is 7.11 Å². The molecule has 21 heavy (non-hydrogen) atoms. The molecule has 2 rings (SSSR count). The van der Waals surface area contributed by atoms with Crippen molar-refractivity contribution in [1.29, 1.82) is 5.26 Å². The van der Waals surface area contributed by atoms with E-state index in [1.165, 1.54) is 25.3 Å². The predicted octanol–water partition coefficient (Wildman–Crippen LogP) is 4.09. The molecule has 106 valence electrons. The zero-order valence-corrected chi connectivity index (χ0v) is 12.7. The molecule has 0 fully saturated rings. The van der Waals surface area contributed by atoms with Gasteiger partial charge in [0.1, 0.15) is 17.5 Å². The second kappa shape index (κ2) is 6.51. The Hall–Kier alpha value is -2.19. The van der Waals surface area contributed by atoms with E-state index in [1.807, 2.05) is 6.07 Å². The molecule has 0 heterocycles. The molecule has 0 bridgehead atoms. The molecule has 5 heteroatoms. The number of ether oxygens (including phenoxy) is 1. The van der Waals surface area contributed by atoms with Gasteiger partial charge in [0.25, 0.3) is 0 Å². The van der Waals surface area contributed by atoms with Crippen molar-refractivity contribution in [2.45, 2.75) is 5.92 Å². The fourth-order valence-electron chi connectivity index (χ4n) is 1.95. The maximum absolute atomic E-state index is 13.1. The van der Waals surface area contributed by atoms with Gasteiger partial charge < -0.3 is 4.74 Å². The van der Waals surface area contributed by atoms with Crippen molar-refractivity contribution in [1.82, 2.24) is 0 Å². The molecular weight excluding hydrogens is 337 g/mol. The van der Waals surface area contributed by atoms with Crippen LogP contribution in [-0.4, -0.2) is 12.9 Å². The lowest BCUT2D eigenvalue weighted by Gasteiger charge is -2.11. The summed E-state index contributed by atoms with van der Waals surface area (Å²) < 4.78 is 18.5. The van der Waals surface area contributed by atoms with Crippen molar-refractivity contribution < 1.29 is 13.9 Å². The number of nitrogens with zero attached hydrogens (tertiary/aromatic N) is 1. The highest BCUT2D eigenvalue weighted by molar-refractivity contribution is 9.10. The lowest BCUT2D eigenvalue weighted by molar-refractivity contribution is 0.0978. The largest absolute Gasteiger partial charge is 0.497 e. The van der Waals surface area contributed by atoms with E-state index >= 15 is 0 Å². The number of carbonyl (C=O) groups excluding carboxylic acids is 1.